The van der Waals surface area contributed by atoms with Crippen LogP contribution in [0, 0.1) is 5.82 Å². The molecule has 0 aliphatic heterocycles. The van der Waals surface area contributed by atoms with E-state index in [0.717, 1.165) is 17.5 Å². The Balaban J connectivity index is 2.52. The van der Waals surface area contributed by atoms with E-state index >= 15 is 0 Å². The van der Waals surface area contributed by atoms with E-state index in [9.17, 15) is 9.50 Å². The van der Waals surface area contributed by atoms with Gasteiger partial charge >= 0.3 is 0 Å². The van der Waals surface area contributed by atoms with Crippen molar-refractivity contribution in [2.24, 2.45) is 0 Å². The van der Waals surface area contributed by atoms with Crippen LogP contribution in [-0.4, -0.2) is 12.2 Å². The van der Waals surface area contributed by atoms with Crippen LogP contribution in [0.15, 0.2) is 40.9 Å². The number of hydrogen-bond donors (Lipinski definition) is 1. The molecule has 0 aliphatic rings. The fourth-order valence-corrected chi connectivity index (χ4v) is 2.59. The number of benzene rings is 2. The first-order chi connectivity index (χ1) is 9.58. The van der Waals surface area contributed by atoms with Gasteiger partial charge in [-0.3, -0.25) is 0 Å². The normalized spacial score (nSPS) is 12.2. The maximum absolute atomic E-state index is 13.5. The van der Waals surface area contributed by atoms with E-state index in [-0.39, 0.29) is 0 Å². The first-order valence-electron chi connectivity index (χ1n) is 6.37. The number of methoxy groups -OCH3 is 1. The molecule has 1 N–H and O–H groups in total. The van der Waals surface area contributed by atoms with Gasteiger partial charge in [-0.05, 0) is 39.5 Å². The Hall–Kier alpha value is -1.39. The third-order valence-electron chi connectivity index (χ3n) is 3.30. The Morgan fingerprint density at radius 3 is 2.60 bits per heavy atom. The lowest BCUT2D eigenvalue weighted by molar-refractivity contribution is 0.213. The van der Waals surface area contributed by atoms with Gasteiger partial charge in [0.15, 0.2) is 0 Å². The smallest absolute Gasteiger partial charge is 0.141 e. The van der Waals surface area contributed by atoms with Gasteiger partial charge in [0.05, 0.1) is 11.6 Å². The average Bonchev–Trinajstić information content (AvgIpc) is 2.48. The number of aryl methyl sites for hydroxylation is 1. The Morgan fingerprint density at radius 2 is 1.95 bits per heavy atom. The summed E-state index contributed by atoms with van der Waals surface area (Å²) in [5.74, 6) is -0.0781. The van der Waals surface area contributed by atoms with Gasteiger partial charge in [-0.15, -0.1) is 0 Å². The molecule has 2 nitrogen and oxygen atoms in total. The highest BCUT2D eigenvalue weighted by atomic mass is 79.9. The summed E-state index contributed by atoms with van der Waals surface area (Å²) < 4.78 is 19.0. The second-order valence-electron chi connectivity index (χ2n) is 4.46. The van der Waals surface area contributed by atoms with Crippen LogP contribution < -0.4 is 4.74 Å². The van der Waals surface area contributed by atoms with E-state index in [2.05, 4.69) is 15.9 Å². The van der Waals surface area contributed by atoms with Crippen LogP contribution in [-0.2, 0) is 6.42 Å². The van der Waals surface area contributed by atoms with Gasteiger partial charge in [-0.25, -0.2) is 4.39 Å². The Morgan fingerprint density at radius 1 is 1.25 bits per heavy atom. The van der Waals surface area contributed by atoms with Crippen LogP contribution in [0.2, 0.25) is 0 Å². The van der Waals surface area contributed by atoms with Gasteiger partial charge in [-0.2, -0.15) is 0 Å². The molecule has 0 aliphatic carbocycles. The molecule has 20 heavy (non-hydrogen) atoms. The van der Waals surface area contributed by atoms with Crippen LogP contribution in [0.3, 0.4) is 0 Å². The monoisotopic (exact) mass is 338 g/mol. The Kier molecular flexibility index (Phi) is 4.78. The number of hydrogen-bond acceptors (Lipinski definition) is 2. The third kappa shape index (κ3) is 2.86. The number of halogens is 2. The summed E-state index contributed by atoms with van der Waals surface area (Å²) in [4.78, 5) is 0. The molecule has 1 atom stereocenters. The molecule has 0 aromatic heterocycles. The summed E-state index contributed by atoms with van der Waals surface area (Å²) in [5.41, 5.74) is 2.41. The lowest BCUT2D eigenvalue weighted by Crippen LogP contribution is -2.06. The molecular formula is C16H16BrFO2. The molecule has 0 bridgehead atoms. The fraction of sp³-hybridized carbons (Fsp3) is 0.250. The van der Waals surface area contributed by atoms with Crippen LogP contribution >= 0.6 is 15.9 Å². The minimum absolute atomic E-state index is 0.307. The number of rotatable bonds is 4. The van der Waals surface area contributed by atoms with E-state index < -0.39 is 11.9 Å². The van der Waals surface area contributed by atoms with Crippen molar-refractivity contribution in [3.8, 4) is 5.75 Å². The molecule has 2 aromatic carbocycles. The summed E-state index contributed by atoms with van der Waals surface area (Å²) in [5, 5.41) is 10.6. The zero-order valence-corrected chi connectivity index (χ0v) is 12.9. The maximum atomic E-state index is 13.5. The van der Waals surface area contributed by atoms with Crippen molar-refractivity contribution in [2.45, 2.75) is 19.4 Å². The van der Waals surface area contributed by atoms with Crippen LogP contribution in [0.1, 0.15) is 29.7 Å². The van der Waals surface area contributed by atoms with Gasteiger partial charge in [0.1, 0.15) is 17.7 Å². The molecule has 106 valence electrons. The van der Waals surface area contributed by atoms with Crippen molar-refractivity contribution in [1.82, 2.24) is 0 Å². The van der Waals surface area contributed by atoms with Gasteiger partial charge < -0.3 is 9.84 Å². The van der Waals surface area contributed by atoms with E-state index in [4.69, 9.17) is 4.74 Å². The van der Waals surface area contributed by atoms with E-state index in [1.807, 2.05) is 31.2 Å². The molecule has 1 unspecified atom stereocenters. The second kappa shape index (κ2) is 6.37. The highest BCUT2D eigenvalue weighted by molar-refractivity contribution is 9.10. The van der Waals surface area contributed by atoms with Crippen molar-refractivity contribution in [1.29, 1.82) is 0 Å². The first kappa shape index (κ1) is 15.0. The summed E-state index contributed by atoms with van der Waals surface area (Å²) in [7, 11) is 1.46. The van der Waals surface area contributed by atoms with Crippen molar-refractivity contribution < 1.29 is 14.2 Å². The predicted molar refractivity (Wildman–Crippen MR) is 80.5 cm³/mol. The number of aliphatic hydroxyl groups is 1. The standard InChI is InChI=1S/C16H16BrFO2/c1-3-10-6-4-5-7-11(10)16(19)12-8-13(17)14(18)9-15(12)20-2/h4-9,16,19H,3H2,1-2H3. The molecule has 2 rings (SSSR count). The topological polar surface area (TPSA) is 29.5 Å². The molecule has 0 heterocycles. The molecule has 0 saturated heterocycles. The zero-order chi connectivity index (χ0) is 14.7. The number of ether oxygens (including phenoxy) is 1. The predicted octanol–water partition coefficient (Wildman–Crippen LogP) is 4.24. The molecular weight excluding hydrogens is 323 g/mol. The minimum atomic E-state index is -0.849. The minimum Gasteiger partial charge on any atom is -0.496 e. The summed E-state index contributed by atoms with van der Waals surface area (Å²) in [6, 6.07) is 10.5. The van der Waals surface area contributed by atoms with Gasteiger partial charge in [0.25, 0.3) is 0 Å². The largest absolute Gasteiger partial charge is 0.496 e. The lowest BCUT2D eigenvalue weighted by Gasteiger charge is -2.18. The summed E-state index contributed by atoms with van der Waals surface area (Å²) in [6.07, 6.45) is -0.0317. The van der Waals surface area contributed by atoms with Crippen LogP contribution in [0.5, 0.6) is 5.75 Å². The van der Waals surface area contributed by atoms with E-state index in [0.29, 0.717) is 15.8 Å². The lowest BCUT2D eigenvalue weighted by atomic mass is 9.95. The highest BCUT2D eigenvalue weighted by Crippen LogP contribution is 2.35. The fourth-order valence-electron chi connectivity index (χ4n) is 2.22. The zero-order valence-electron chi connectivity index (χ0n) is 11.4. The molecule has 0 amide bonds. The third-order valence-corrected chi connectivity index (χ3v) is 3.91. The molecule has 0 fully saturated rings. The number of aliphatic hydroxyl groups excluding tert-OH is 1. The molecule has 2 aromatic rings. The summed E-state index contributed by atoms with van der Waals surface area (Å²) in [6.45, 7) is 2.03. The van der Waals surface area contributed by atoms with E-state index in [1.165, 1.54) is 13.2 Å². The maximum Gasteiger partial charge on any atom is 0.141 e. The molecule has 4 heteroatoms. The molecule has 0 spiro atoms. The van der Waals surface area contributed by atoms with Crippen LogP contribution in [0.4, 0.5) is 4.39 Å². The second-order valence-corrected chi connectivity index (χ2v) is 5.32. The Labute approximate surface area is 126 Å². The van der Waals surface area contributed by atoms with E-state index in [1.54, 1.807) is 6.07 Å². The highest BCUT2D eigenvalue weighted by Gasteiger charge is 2.19. The van der Waals surface area contributed by atoms with Gasteiger partial charge in [0, 0.05) is 11.6 Å². The first-order valence-corrected chi connectivity index (χ1v) is 7.16. The summed E-state index contributed by atoms with van der Waals surface area (Å²) >= 11 is 3.14. The SMILES string of the molecule is CCc1ccccc1C(O)c1cc(Br)c(F)cc1OC. The van der Waals surface area contributed by atoms with Crippen molar-refractivity contribution in [3.63, 3.8) is 0 Å². The van der Waals surface area contributed by atoms with Crippen molar-refractivity contribution in [2.75, 3.05) is 7.11 Å². The van der Waals surface area contributed by atoms with Crippen molar-refractivity contribution >= 4 is 15.9 Å². The average molecular weight is 339 g/mol. The molecule has 0 radical (unpaired) electrons. The van der Waals surface area contributed by atoms with Gasteiger partial charge in [-0.1, -0.05) is 31.2 Å². The van der Waals surface area contributed by atoms with Crippen molar-refractivity contribution in [3.05, 3.63) is 63.4 Å². The quantitative estimate of drug-likeness (QED) is 0.903. The molecule has 0 saturated carbocycles. The van der Waals surface area contributed by atoms with Gasteiger partial charge in [0.2, 0.25) is 0 Å². The van der Waals surface area contributed by atoms with Crippen LogP contribution in [0.25, 0.3) is 0 Å². The Bertz CT molecular complexity index is 613.